The first-order valence-electron chi connectivity index (χ1n) is 13.7. The van der Waals surface area contributed by atoms with E-state index in [0.717, 1.165) is 29.8 Å². The van der Waals surface area contributed by atoms with Gasteiger partial charge in [0.15, 0.2) is 0 Å². The number of nitrogens with zero attached hydrogens (tertiary/aromatic N) is 3. The van der Waals surface area contributed by atoms with Crippen LogP contribution in [0.1, 0.15) is 56.7 Å². The van der Waals surface area contributed by atoms with Crippen LogP contribution < -0.4 is 0 Å². The van der Waals surface area contributed by atoms with Crippen molar-refractivity contribution >= 4 is 24.4 Å². The fourth-order valence-corrected chi connectivity index (χ4v) is 5.20. The summed E-state index contributed by atoms with van der Waals surface area (Å²) in [6.07, 6.45) is 6.77. The zero-order chi connectivity index (χ0) is 27.2. The fraction of sp³-hybridized carbons (Fsp3) is 0.567. The average Bonchev–Trinajstić information content (AvgIpc) is 3.35. The third kappa shape index (κ3) is 7.32. The van der Waals surface area contributed by atoms with Gasteiger partial charge in [-0.3, -0.25) is 9.79 Å². The predicted molar refractivity (Wildman–Crippen MR) is 148 cm³/mol. The van der Waals surface area contributed by atoms with Gasteiger partial charge in [-0.1, -0.05) is 38.1 Å². The van der Waals surface area contributed by atoms with E-state index in [1.54, 1.807) is 4.90 Å². The summed E-state index contributed by atoms with van der Waals surface area (Å²) in [6, 6.07) is 6.21. The van der Waals surface area contributed by atoms with Crippen LogP contribution in [0, 0.1) is 11.8 Å². The Labute approximate surface area is 226 Å². The number of amides is 1. The Morgan fingerprint density at radius 2 is 1.92 bits per heavy atom. The van der Waals surface area contributed by atoms with Crippen LogP contribution in [0.15, 0.2) is 40.9 Å². The van der Waals surface area contributed by atoms with Gasteiger partial charge in [-0.05, 0) is 67.1 Å². The molecule has 1 amide bonds. The fourth-order valence-electron chi connectivity index (χ4n) is 5.20. The van der Waals surface area contributed by atoms with Crippen molar-refractivity contribution in [2.45, 2.75) is 64.9 Å². The van der Waals surface area contributed by atoms with Crippen LogP contribution in [0.2, 0.25) is 0 Å². The summed E-state index contributed by atoms with van der Waals surface area (Å²) in [6.45, 7) is 9.59. The highest BCUT2D eigenvalue weighted by Crippen LogP contribution is 2.26. The van der Waals surface area contributed by atoms with Gasteiger partial charge in [0.1, 0.15) is 12.2 Å². The summed E-state index contributed by atoms with van der Waals surface area (Å²) in [4.78, 5) is 34.0. The number of ether oxygens (including phenoxy) is 2. The van der Waals surface area contributed by atoms with Crippen molar-refractivity contribution in [1.29, 1.82) is 0 Å². The van der Waals surface area contributed by atoms with Crippen molar-refractivity contribution < 1.29 is 24.2 Å². The molecule has 38 heavy (non-hydrogen) atoms. The second-order valence-electron chi connectivity index (χ2n) is 11.0. The molecule has 0 aliphatic carbocycles. The normalized spacial score (nSPS) is 30.1. The Bertz CT molecular complexity index is 1090. The average molecular weight is 524 g/mol. The monoisotopic (exact) mass is 523 g/mol. The first-order chi connectivity index (χ1) is 18.2. The number of piperazine rings is 1. The molecule has 1 saturated heterocycles. The smallest absolute Gasteiger partial charge is 0.410 e. The minimum Gasteiger partial charge on any atom is -0.457 e. The van der Waals surface area contributed by atoms with E-state index in [-0.39, 0.29) is 24.3 Å². The van der Waals surface area contributed by atoms with Gasteiger partial charge >= 0.3 is 12.1 Å². The third-order valence-electron chi connectivity index (χ3n) is 7.76. The van der Waals surface area contributed by atoms with Crippen LogP contribution in [0.5, 0.6) is 0 Å². The first kappa shape index (κ1) is 28.0. The number of carbonyl (C=O) groups is 2. The molecule has 0 spiro atoms. The SMILES string of the molecule is C/C(=C\c1ccc2c(c1)CN=C2)[C@H]1OC(=O)C[C@H](O)CC[C@H](C)[C@@H](OC(=O)N2CCN(C)CC2)/C=C/[C@@H]1C. The molecule has 0 unspecified atom stereocenters. The van der Waals surface area contributed by atoms with Gasteiger partial charge in [0.05, 0.1) is 19.1 Å². The van der Waals surface area contributed by atoms with Gasteiger partial charge in [-0.15, -0.1) is 0 Å². The van der Waals surface area contributed by atoms with Crippen LogP contribution in [0.3, 0.4) is 0 Å². The lowest BCUT2D eigenvalue weighted by atomic mass is 9.91. The maximum absolute atomic E-state index is 13.0. The van der Waals surface area contributed by atoms with Crippen molar-refractivity contribution in [2.75, 3.05) is 33.2 Å². The second-order valence-corrected chi connectivity index (χ2v) is 11.0. The van der Waals surface area contributed by atoms with Crippen LogP contribution in [0.4, 0.5) is 4.79 Å². The van der Waals surface area contributed by atoms with E-state index in [0.29, 0.717) is 32.5 Å². The van der Waals surface area contributed by atoms with E-state index in [1.165, 1.54) is 5.56 Å². The number of rotatable bonds is 3. The second kappa shape index (κ2) is 12.7. The molecule has 1 fully saturated rings. The van der Waals surface area contributed by atoms with Gasteiger partial charge in [0.2, 0.25) is 0 Å². The van der Waals surface area contributed by atoms with Gasteiger partial charge in [-0.25, -0.2) is 4.79 Å². The zero-order valence-corrected chi connectivity index (χ0v) is 23.0. The molecule has 8 heteroatoms. The molecule has 5 atom stereocenters. The van der Waals surface area contributed by atoms with E-state index in [9.17, 15) is 14.7 Å². The predicted octanol–water partition coefficient (Wildman–Crippen LogP) is 4.06. The number of esters is 1. The van der Waals surface area contributed by atoms with Crippen molar-refractivity contribution in [3.05, 3.63) is 52.6 Å². The van der Waals surface area contributed by atoms with Crippen molar-refractivity contribution in [3.63, 3.8) is 0 Å². The summed E-state index contributed by atoms with van der Waals surface area (Å²) in [5, 5.41) is 10.5. The maximum atomic E-state index is 13.0. The van der Waals surface area contributed by atoms with E-state index in [1.807, 2.05) is 58.3 Å². The molecule has 0 radical (unpaired) electrons. The molecular formula is C30H41N3O5. The molecule has 206 valence electrons. The van der Waals surface area contributed by atoms with Crippen LogP contribution >= 0.6 is 0 Å². The van der Waals surface area contributed by atoms with E-state index >= 15 is 0 Å². The summed E-state index contributed by atoms with van der Waals surface area (Å²) in [5.74, 6) is -0.589. The molecule has 0 bridgehead atoms. The number of aliphatic hydroxyl groups excluding tert-OH is 1. The molecule has 3 aliphatic rings. The topological polar surface area (TPSA) is 91.7 Å². The Morgan fingerprint density at radius 1 is 1.16 bits per heavy atom. The summed E-state index contributed by atoms with van der Waals surface area (Å²) in [5.41, 5.74) is 4.24. The summed E-state index contributed by atoms with van der Waals surface area (Å²) < 4.78 is 11.9. The van der Waals surface area contributed by atoms with E-state index < -0.39 is 24.3 Å². The number of carbonyl (C=O) groups excluding carboxylic acids is 2. The molecule has 4 rings (SSSR count). The molecule has 1 N–H and O–H groups in total. The number of likely N-dealkylation sites (N-methyl/N-ethyl adjacent to an activating group) is 1. The molecule has 0 saturated carbocycles. The van der Waals surface area contributed by atoms with Gasteiger partial charge in [-0.2, -0.15) is 0 Å². The highest BCUT2D eigenvalue weighted by molar-refractivity contribution is 5.85. The molecule has 0 aromatic heterocycles. The number of aliphatic imine (C=N–C) groups is 1. The Balaban J connectivity index is 1.54. The van der Waals surface area contributed by atoms with Crippen molar-refractivity contribution in [1.82, 2.24) is 9.80 Å². The molecule has 3 aliphatic heterocycles. The lowest BCUT2D eigenvalue weighted by Gasteiger charge is -2.33. The number of fused-ring (bicyclic) bond motifs is 1. The number of hydrogen-bond donors (Lipinski definition) is 1. The summed E-state index contributed by atoms with van der Waals surface area (Å²) >= 11 is 0. The van der Waals surface area contributed by atoms with E-state index in [4.69, 9.17) is 9.47 Å². The van der Waals surface area contributed by atoms with Gasteiger partial charge < -0.3 is 24.4 Å². The Morgan fingerprint density at radius 3 is 2.68 bits per heavy atom. The summed E-state index contributed by atoms with van der Waals surface area (Å²) in [7, 11) is 2.05. The first-order valence-corrected chi connectivity index (χ1v) is 13.7. The highest BCUT2D eigenvalue weighted by atomic mass is 16.6. The van der Waals surface area contributed by atoms with Crippen LogP contribution in [-0.4, -0.2) is 84.7 Å². The van der Waals surface area contributed by atoms with E-state index in [2.05, 4.69) is 22.0 Å². The molecule has 1 aromatic rings. The zero-order valence-electron chi connectivity index (χ0n) is 23.0. The highest BCUT2D eigenvalue weighted by Gasteiger charge is 2.29. The van der Waals surface area contributed by atoms with Crippen LogP contribution in [-0.2, 0) is 20.8 Å². The van der Waals surface area contributed by atoms with Gasteiger partial charge in [0.25, 0.3) is 0 Å². The molecule has 3 heterocycles. The van der Waals surface area contributed by atoms with Crippen molar-refractivity contribution in [2.24, 2.45) is 16.8 Å². The molecule has 1 aromatic carbocycles. The number of cyclic esters (lactones) is 1. The van der Waals surface area contributed by atoms with Crippen molar-refractivity contribution in [3.8, 4) is 0 Å². The third-order valence-corrected chi connectivity index (χ3v) is 7.76. The largest absolute Gasteiger partial charge is 0.457 e. The minimum absolute atomic E-state index is 0.0105. The Hall–Kier alpha value is -2.97. The standard InChI is InChI=1S/C30H41N3O5/c1-20-5-9-26(34)17-28(35)38-29(22(3)15-23-7-8-24-18-31-19-25(24)16-23)21(2)6-10-27(20)37-30(36)33-13-11-32(4)12-14-33/h6-8,10,15-16,18,20-21,26-27,29,34H,5,9,11-14,17,19H2,1-4H3/b10-6+,22-15+/t20-,21-,26+,27-,29-/m0/s1. The molecular weight excluding hydrogens is 482 g/mol. The quantitative estimate of drug-likeness (QED) is 0.475. The number of benzene rings is 1. The molecule has 8 nitrogen and oxygen atoms in total. The maximum Gasteiger partial charge on any atom is 0.410 e. The van der Waals surface area contributed by atoms with Gasteiger partial charge in [0, 0.05) is 38.3 Å². The number of aliphatic hydroxyl groups is 1. The lowest BCUT2D eigenvalue weighted by molar-refractivity contribution is -0.151. The lowest BCUT2D eigenvalue weighted by Crippen LogP contribution is -2.48. The van der Waals surface area contributed by atoms with Crippen LogP contribution in [0.25, 0.3) is 6.08 Å². The number of hydrogen-bond acceptors (Lipinski definition) is 7. The Kier molecular flexibility index (Phi) is 9.39. The minimum atomic E-state index is -0.806.